The third-order valence-corrected chi connectivity index (χ3v) is 2.54. The van der Waals surface area contributed by atoms with Crippen molar-refractivity contribution in [2.75, 3.05) is 18.1 Å². The van der Waals surface area contributed by atoms with Crippen molar-refractivity contribution in [3.8, 4) is 0 Å². The summed E-state index contributed by atoms with van der Waals surface area (Å²) in [7, 11) is 0. The molecule has 94 valence electrons. The minimum Gasteiger partial charge on any atom is -0.481 e. The smallest absolute Gasteiger partial charge is 0.305 e. The number of para-hydroxylation sites is 1. The van der Waals surface area contributed by atoms with Gasteiger partial charge in [0, 0.05) is 12.2 Å². The van der Waals surface area contributed by atoms with Gasteiger partial charge in [0.2, 0.25) is 0 Å². The van der Waals surface area contributed by atoms with Crippen LogP contribution < -0.4 is 4.90 Å². The standard InChI is InChI=1S/C13H19NO3/c1-3-14(12-7-5-4-6-8-12)11(2)17-10-9-13(15)16/h4-8,11H,3,9-10H2,1-2H3,(H,15,16). The summed E-state index contributed by atoms with van der Waals surface area (Å²) in [6.45, 7) is 5.03. The number of carbonyl (C=O) groups is 1. The summed E-state index contributed by atoms with van der Waals surface area (Å²) in [5, 5.41) is 8.55. The van der Waals surface area contributed by atoms with Crippen LogP contribution in [0.1, 0.15) is 20.3 Å². The third kappa shape index (κ3) is 4.44. The van der Waals surface area contributed by atoms with Crippen LogP contribution in [-0.4, -0.2) is 30.5 Å². The summed E-state index contributed by atoms with van der Waals surface area (Å²) >= 11 is 0. The van der Waals surface area contributed by atoms with Crippen molar-refractivity contribution in [1.29, 1.82) is 0 Å². The molecule has 0 aliphatic carbocycles. The first-order valence-electron chi connectivity index (χ1n) is 5.80. The van der Waals surface area contributed by atoms with Crippen LogP contribution in [0.3, 0.4) is 0 Å². The Labute approximate surface area is 102 Å². The first kappa shape index (κ1) is 13.5. The lowest BCUT2D eigenvalue weighted by Gasteiger charge is -2.29. The van der Waals surface area contributed by atoms with Gasteiger partial charge in [-0.25, -0.2) is 0 Å². The lowest BCUT2D eigenvalue weighted by molar-refractivity contribution is -0.138. The molecule has 0 aliphatic heterocycles. The maximum atomic E-state index is 10.4. The Morgan fingerprint density at radius 3 is 2.59 bits per heavy atom. The lowest BCUT2D eigenvalue weighted by Crippen LogP contribution is -2.35. The van der Waals surface area contributed by atoms with E-state index < -0.39 is 5.97 Å². The molecule has 0 aromatic heterocycles. The summed E-state index contributed by atoms with van der Waals surface area (Å²) in [5.41, 5.74) is 1.08. The molecule has 4 nitrogen and oxygen atoms in total. The normalized spacial score (nSPS) is 12.1. The molecule has 0 fully saturated rings. The van der Waals surface area contributed by atoms with E-state index in [1.807, 2.05) is 44.2 Å². The second-order valence-corrected chi connectivity index (χ2v) is 3.74. The van der Waals surface area contributed by atoms with Crippen LogP contribution in [0.5, 0.6) is 0 Å². The number of anilines is 1. The topological polar surface area (TPSA) is 49.8 Å². The number of benzene rings is 1. The minimum absolute atomic E-state index is 0.0384. The fourth-order valence-electron chi connectivity index (χ4n) is 1.68. The minimum atomic E-state index is -0.833. The van der Waals surface area contributed by atoms with Crippen molar-refractivity contribution in [2.45, 2.75) is 26.5 Å². The number of nitrogens with zero attached hydrogens (tertiary/aromatic N) is 1. The Morgan fingerprint density at radius 1 is 1.41 bits per heavy atom. The van der Waals surface area contributed by atoms with E-state index in [2.05, 4.69) is 4.90 Å². The van der Waals surface area contributed by atoms with Crippen molar-refractivity contribution in [3.63, 3.8) is 0 Å². The zero-order valence-electron chi connectivity index (χ0n) is 10.3. The van der Waals surface area contributed by atoms with Crippen LogP contribution in [-0.2, 0) is 9.53 Å². The second kappa shape index (κ2) is 6.91. The number of ether oxygens (including phenoxy) is 1. The predicted molar refractivity (Wildman–Crippen MR) is 67.1 cm³/mol. The van der Waals surface area contributed by atoms with Crippen LogP contribution in [0.4, 0.5) is 5.69 Å². The highest BCUT2D eigenvalue weighted by atomic mass is 16.5. The summed E-state index contributed by atoms with van der Waals surface area (Å²) in [5.74, 6) is -0.833. The van der Waals surface area contributed by atoms with E-state index in [1.165, 1.54) is 0 Å². The molecule has 0 aliphatic rings. The molecule has 0 bridgehead atoms. The van der Waals surface area contributed by atoms with Gasteiger partial charge < -0.3 is 14.7 Å². The molecular weight excluding hydrogens is 218 g/mol. The predicted octanol–water partition coefficient (Wildman–Crippen LogP) is 2.35. The van der Waals surface area contributed by atoms with Crippen LogP contribution in [0.2, 0.25) is 0 Å². The molecule has 1 N–H and O–H groups in total. The molecule has 1 unspecified atom stereocenters. The maximum Gasteiger partial charge on any atom is 0.305 e. The van der Waals surface area contributed by atoms with Crippen LogP contribution >= 0.6 is 0 Å². The molecule has 0 spiro atoms. The second-order valence-electron chi connectivity index (χ2n) is 3.74. The van der Waals surface area contributed by atoms with Gasteiger partial charge in [0.05, 0.1) is 13.0 Å². The lowest BCUT2D eigenvalue weighted by atomic mass is 10.3. The molecule has 4 heteroatoms. The zero-order chi connectivity index (χ0) is 12.7. The highest BCUT2D eigenvalue weighted by Crippen LogP contribution is 2.16. The zero-order valence-corrected chi connectivity index (χ0v) is 10.3. The van der Waals surface area contributed by atoms with Gasteiger partial charge in [0.1, 0.15) is 6.23 Å². The van der Waals surface area contributed by atoms with E-state index in [1.54, 1.807) is 0 Å². The molecule has 0 saturated heterocycles. The first-order chi connectivity index (χ1) is 8.15. The Morgan fingerprint density at radius 2 is 2.06 bits per heavy atom. The van der Waals surface area contributed by atoms with Gasteiger partial charge in [-0.05, 0) is 26.0 Å². The van der Waals surface area contributed by atoms with Crippen molar-refractivity contribution >= 4 is 11.7 Å². The number of carboxylic acid groups (broad SMARTS) is 1. The number of hydrogen-bond donors (Lipinski definition) is 1. The Kier molecular flexibility index (Phi) is 5.49. The average Bonchev–Trinajstić information content (AvgIpc) is 2.31. The molecule has 1 aromatic rings. The molecule has 0 radical (unpaired) electrons. The fourth-order valence-corrected chi connectivity index (χ4v) is 1.68. The number of aliphatic carboxylic acids is 1. The average molecular weight is 237 g/mol. The highest BCUT2D eigenvalue weighted by molar-refractivity contribution is 5.66. The molecule has 17 heavy (non-hydrogen) atoms. The van der Waals surface area contributed by atoms with E-state index in [0.29, 0.717) is 0 Å². The Bertz CT molecular complexity index is 340. The molecule has 1 aromatic carbocycles. The number of rotatable bonds is 7. The van der Waals surface area contributed by atoms with Gasteiger partial charge in [-0.15, -0.1) is 0 Å². The molecule has 0 saturated carbocycles. The Balaban J connectivity index is 2.53. The van der Waals surface area contributed by atoms with Gasteiger partial charge in [0.15, 0.2) is 0 Å². The van der Waals surface area contributed by atoms with E-state index >= 15 is 0 Å². The monoisotopic (exact) mass is 237 g/mol. The summed E-state index contributed by atoms with van der Waals surface area (Å²) in [4.78, 5) is 12.5. The molecule has 1 rings (SSSR count). The van der Waals surface area contributed by atoms with E-state index in [4.69, 9.17) is 9.84 Å². The quantitative estimate of drug-likeness (QED) is 0.739. The molecule has 0 amide bonds. The van der Waals surface area contributed by atoms with Gasteiger partial charge in [-0.1, -0.05) is 18.2 Å². The summed E-state index contributed by atoms with van der Waals surface area (Å²) in [6, 6.07) is 9.94. The van der Waals surface area contributed by atoms with Gasteiger partial charge >= 0.3 is 5.97 Å². The number of hydrogen-bond acceptors (Lipinski definition) is 3. The van der Waals surface area contributed by atoms with Crippen LogP contribution in [0.15, 0.2) is 30.3 Å². The fraction of sp³-hybridized carbons (Fsp3) is 0.462. The van der Waals surface area contributed by atoms with Gasteiger partial charge in [0.25, 0.3) is 0 Å². The maximum absolute atomic E-state index is 10.4. The summed E-state index contributed by atoms with van der Waals surface area (Å²) in [6.07, 6.45) is -0.0850. The third-order valence-electron chi connectivity index (χ3n) is 2.54. The van der Waals surface area contributed by atoms with Crippen molar-refractivity contribution in [2.24, 2.45) is 0 Å². The largest absolute Gasteiger partial charge is 0.481 e. The van der Waals surface area contributed by atoms with Crippen LogP contribution in [0.25, 0.3) is 0 Å². The van der Waals surface area contributed by atoms with Crippen LogP contribution in [0, 0.1) is 0 Å². The van der Waals surface area contributed by atoms with Crippen molar-refractivity contribution in [3.05, 3.63) is 30.3 Å². The molecule has 0 heterocycles. The number of carboxylic acids is 1. The Hall–Kier alpha value is -1.55. The highest BCUT2D eigenvalue weighted by Gasteiger charge is 2.12. The molecule has 1 atom stereocenters. The van der Waals surface area contributed by atoms with Gasteiger partial charge in [-0.2, -0.15) is 0 Å². The van der Waals surface area contributed by atoms with Crippen molar-refractivity contribution < 1.29 is 14.6 Å². The van der Waals surface area contributed by atoms with Gasteiger partial charge in [-0.3, -0.25) is 4.79 Å². The molecular formula is C13H19NO3. The van der Waals surface area contributed by atoms with E-state index in [-0.39, 0.29) is 19.3 Å². The SMILES string of the molecule is CCN(c1ccccc1)C(C)OCCC(=O)O. The first-order valence-corrected chi connectivity index (χ1v) is 5.80. The summed E-state index contributed by atoms with van der Waals surface area (Å²) < 4.78 is 5.51. The van der Waals surface area contributed by atoms with Crippen molar-refractivity contribution in [1.82, 2.24) is 0 Å². The van der Waals surface area contributed by atoms with E-state index in [9.17, 15) is 4.79 Å². The van der Waals surface area contributed by atoms with E-state index in [0.717, 1.165) is 12.2 Å².